The number of ether oxygens (including phenoxy) is 1. The highest BCUT2D eigenvalue weighted by Gasteiger charge is 2.19. The summed E-state index contributed by atoms with van der Waals surface area (Å²) in [4.78, 5) is 33.9. The number of hydrogen-bond donors (Lipinski definition) is 2. The third-order valence-electron chi connectivity index (χ3n) is 3.20. The normalized spacial score (nSPS) is 9.96. The molecule has 0 fully saturated rings. The Morgan fingerprint density at radius 3 is 2.44 bits per heavy atom. The number of nitrogens with zero attached hydrogens (tertiary/aromatic N) is 1. The van der Waals surface area contributed by atoms with Crippen LogP contribution >= 0.6 is 0 Å². The zero-order valence-corrected chi connectivity index (χ0v) is 13.5. The van der Waals surface area contributed by atoms with Crippen molar-refractivity contribution in [3.05, 3.63) is 64.2 Å². The number of carbonyl (C=O) groups excluding carboxylic acids is 2. The molecule has 0 spiro atoms. The van der Waals surface area contributed by atoms with Gasteiger partial charge < -0.3 is 15.4 Å². The largest absolute Gasteiger partial charge is 0.484 e. The monoisotopic (exact) mass is 343 g/mol. The first-order chi connectivity index (χ1) is 12.0. The van der Waals surface area contributed by atoms with E-state index >= 15 is 0 Å². The third kappa shape index (κ3) is 5.03. The highest BCUT2D eigenvalue weighted by Crippen LogP contribution is 2.20. The summed E-state index contributed by atoms with van der Waals surface area (Å²) in [5, 5.41) is 16.2. The minimum Gasteiger partial charge on any atom is -0.484 e. The Balaban J connectivity index is 2.00. The average molecular weight is 343 g/mol. The van der Waals surface area contributed by atoms with Gasteiger partial charge in [0.05, 0.1) is 4.92 Å². The Kier molecular flexibility index (Phi) is 6.05. The molecule has 25 heavy (non-hydrogen) atoms. The number of amides is 2. The number of carbonyl (C=O) groups is 2. The molecule has 2 N–H and O–H groups in total. The number of nitrogens with one attached hydrogen (secondary N) is 2. The van der Waals surface area contributed by atoms with Crippen molar-refractivity contribution in [3.63, 3.8) is 0 Å². The molecule has 0 aliphatic carbocycles. The van der Waals surface area contributed by atoms with Gasteiger partial charge >= 0.3 is 0 Å². The Hall–Kier alpha value is -3.42. The molecule has 2 aromatic carbocycles. The van der Waals surface area contributed by atoms with E-state index in [0.717, 1.165) is 0 Å². The SMILES string of the molecule is CCNC(=O)COc1ccc(NC(=O)c2ccccc2[N+](=O)[O-])cc1. The first kappa shape index (κ1) is 17.9. The lowest BCUT2D eigenvalue weighted by Crippen LogP contribution is -2.28. The molecule has 0 radical (unpaired) electrons. The zero-order chi connectivity index (χ0) is 18.2. The van der Waals surface area contributed by atoms with E-state index in [1.54, 1.807) is 30.3 Å². The average Bonchev–Trinajstić information content (AvgIpc) is 2.61. The Morgan fingerprint density at radius 2 is 1.80 bits per heavy atom. The Morgan fingerprint density at radius 1 is 1.12 bits per heavy atom. The fourth-order valence-electron chi connectivity index (χ4n) is 2.05. The van der Waals surface area contributed by atoms with Crippen molar-refractivity contribution in [2.75, 3.05) is 18.5 Å². The van der Waals surface area contributed by atoms with Gasteiger partial charge in [-0.1, -0.05) is 12.1 Å². The molecule has 0 aliphatic rings. The Bertz CT molecular complexity index is 774. The minimum atomic E-state index is -0.604. The van der Waals surface area contributed by atoms with Gasteiger partial charge in [-0.25, -0.2) is 0 Å². The van der Waals surface area contributed by atoms with E-state index in [9.17, 15) is 19.7 Å². The van der Waals surface area contributed by atoms with E-state index in [0.29, 0.717) is 18.0 Å². The fourth-order valence-corrected chi connectivity index (χ4v) is 2.05. The maximum Gasteiger partial charge on any atom is 0.282 e. The van der Waals surface area contributed by atoms with E-state index in [4.69, 9.17) is 4.74 Å². The highest BCUT2D eigenvalue weighted by molar-refractivity contribution is 6.07. The van der Waals surface area contributed by atoms with Gasteiger partial charge in [-0.3, -0.25) is 19.7 Å². The zero-order valence-electron chi connectivity index (χ0n) is 13.5. The quantitative estimate of drug-likeness (QED) is 0.592. The predicted octanol–water partition coefficient (Wildman–Crippen LogP) is 2.36. The predicted molar refractivity (Wildman–Crippen MR) is 91.7 cm³/mol. The molecule has 2 aromatic rings. The van der Waals surface area contributed by atoms with Crippen LogP contribution in [0.5, 0.6) is 5.75 Å². The van der Waals surface area contributed by atoms with Crippen LogP contribution in [0.3, 0.4) is 0 Å². The lowest BCUT2D eigenvalue weighted by Gasteiger charge is -2.08. The van der Waals surface area contributed by atoms with Crippen molar-refractivity contribution in [1.29, 1.82) is 0 Å². The number of rotatable bonds is 7. The van der Waals surface area contributed by atoms with Crippen LogP contribution in [0.1, 0.15) is 17.3 Å². The molecule has 8 heteroatoms. The standard InChI is InChI=1S/C17H17N3O5/c1-2-18-16(21)11-25-13-9-7-12(8-10-13)19-17(22)14-5-3-4-6-15(14)20(23)24/h3-10H,2,11H2,1H3,(H,18,21)(H,19,22). The van der Waals surface area contributed by atoms with Crippen molar-refractivity contribution in [2.24, 2.45) is 0 Å². The maximum absolute atomic E-state index is 12.2. The molecule has 0 unspecified atom stereocenters. The number of hydrogen-bond acceptors (Lipinski definition) is 5. The van der Waals surface area contributed by atoms with Gasteiger partial charge in [-0.05, 0) is 37.3 Å². The first-order valence-electron chi connectivity index (χ1n) is 7.55. The molecular formula is C17H17N3O5. The van der Waals surface area contributed by atoms with Gasteiger partial charge in [0.15, 0.2) is 6.61 Å². The Labute approximate surface area is 144 Å². The molecule has 0 saturated heterocycles. The van der Waals surface area contributed by atoms with E-state index in [-0.39, 0.29) is 23.8 Å². The molecule has 130 valence electrons. The number of para-hydroxylation sites is 1. The minimum absolute atomic E-state index is 0.0240. The fraction of sp³-hybridized carbons (Fsp3) is 0.176. The van der Waals surface area contributed by atoms with Gasteiger partial charge in [0.25, 0.3) is 17.5 Å². The van der Waals surface area contributed by atoms with E-state index in [1.165, 1.54) is 18.2 Å². The first-order valence-corrected chi connectivity index (χ1v) is 7.55. The second-order valence-electron chi connectivity index (χ2n) is 4.99. The van der Waals surface area contributed by atoms with Crippen LogP contribution in [-0.4, -0.2) is 29.9 Å². The van der Waals surface area contributed by atoms with Crippen molar-refractivity contribution < 1.29 is 19.2 Å². The van der Waals surface area contributed by atoms with E-state index < -0.39 is 10.8 Å². The summed E-state index contributed by atoms with van der Waals surface area (Å²) in [6.45, 7) is 2.24. The van der Waals surface area contributed by atoms with E-state index in [1.807, 2.05) is 6.92 Å². The lowest BCUT2D eigenvalue weighted by molar-refractivity contribution is -0.385. The molecule has 8 nitrogen and oxygen atoms in total. The van der Waals surface area contributed by atoms with Crippen LogP contribution in [0, 0.1) is 10.1 Å². The molecule has 2 rings (SSSR count). The van der Waals surface area contributed by atoms with Crippen molar-refractivity contribution >= 4 is 23.2 Å². The molecule has 0 atom stereocenters. The second-order valence-corrected chi connectivity index (χ2v) is 4.99. The van der Waals surface area contributed by atoms with Crippen LogP contribution in [0.2, 0.25) is 0 Å². The number of nitro groups is 1. The highest BCUT2D eigenvalue weighted by atomic mass is 16.6. The van der Waals surface area contributed by atoms with Gasteiger partial charge in [-0.15, -0.1) is 0 Å². The second kappa shape index (κ2) is 8.44. The summed E-state index contributed by atoms with van der Waals surface area (Å²) < 4.78 is 5.30. The molecule has 0 aromatic heterocycles. The van der Waals surface area contributed by atoms with Gasteiger partial charge in [-0.2, -0.15) is 0 Å². The summed E-state index contributed by atoms with van der Waals surface area (Å²) in [7, 11) is 0. The van der Waals surface area contributed by atoms with Gasteiger partial charge in [0.1, 0.15) is 11.3 Å². The molecular weight excluding hydrogens is 326 g/mol. The van der Waals surface area contributed by atoms with Crippen molar-refractivity contribution in [1.82, 2.24) is 5.32 Å². The number of nitro benzene ring substituents is 1. The van der Waals surface area contributed by atoms with Crippen LogP contribution < -0.4 is 15.4 Å². The van der Waals surface area contributed by atoms with Gasteiger partial charge in [0.2, 0.25) is 0 Å². The topological polar surface area (TPSA) is 111 Å². The van der Waals surface area contributed by atoms with Gasteiger partial charge in [0, 0.05) is 18.3 Å². The summed E-state index contributed by atoms with van der Waals surface area (Å²) in [6, 6.07) is 12.1. The maximum atomic E-state index is 12.2. The van der Waals surface area contributed by atoms with E-state index in [2.05, 4.69) is 10.6 Å². The summed E-state index contributed by atoms with van der Waals surface area (Å²) in [6.07, 6.45) is 0. The number of anilines is 1. The van der Waals surface area contributed by atoms with Crippen LogP contribution in [0.4, 0.5) is 11.4 Å². The third-order valence-corrected chi connectivity index (χ3v) is 3.20. The summed E-state index contributed by atoms with van der Waals surface area (Å²) in [5.74, 6) is -0.338. The summed E-state index contributed by atoms with van der Waals surface area (Å²) in [5.41, 5.74) is 0.166. The molecule has 0 heterocycles. The van der Waals surface area contributed by atoms with Crippen molar-refractivity contribution in [3.8, 4) is 5.75 Å². The molecule has 0 saturated carbocycles. The number of benzene rings is 2. The molecule has 0 bridgehead atoms. The summed E-state index contributed by atoms with van der Waals surface area (Å²) >= 11 is 0. The van der Waals surface area contributed by atoms with Crippen LogP contribution in [0.25, 0.3) is 0 Å². The lowest BCUT2D eigenvalue weighted by atomic mass is 10.1. The number of likely N-dealkylation sites (N-methyl/N-ethyl adjacent to an activating group) is 1. The molecule has 2 amide bonds. The smallest absolute Gasteiger partial charge is 0.282 e. The van der Waals surface area contributed by atoms with Crippen LogP contribution in [0.15, 0.2) is 48.5 Å². The van der Waals surface area contributed by atoms with Crippen LogP contribution in [-0.2, 0) is 4.79 Å². The molecule has 0 aliphatic heterocycles. The van der Waals surface area contributed by atoms with Crippen molar-refractivity contribution in [2.45, 2.75) is 6.92 Å².